The molecule has 0 unspecified atom stereocenters. The van der Waals surface area contributed by atoms with Crippen LogP contribution >= 0.6 is 0 Å². The van der Waals surface area contributed by atoms with Gasteiger partial charge in [0.15, 0.2) is 0 Å². The summed E-state index contributed by atoms with van der Waals surface area (Å²) in [4.78, 5) is 2.41. The van der Waals surface area contributed by atoms with E-state index in [9.17, 15) is 0 Å². The number of hydrogen-bond donors (Lipinski definition) is 1. The Labute approximate surface area is 128 Å². The fraction of sp³-hybridized carbons (Fsp3) is 0.368. The molecule has 0 aliphatic carbocycles. The van der Waals surface area contributed by atoms with Crippen molar-refractivity contribution in [2.24, 2.45) is 0 Å². The lowest BCUT2D eigenvalue weighted by molar-refractivity contribution is 0.766. The molecule has 0 aliphatic rings. The van der Waals surface area contributed by atoms with Gasteiger partial charge in [-0.1, -0.05) is 45.0 Å². The molecule has 2 heteroatoms. The molecule has 2 aromatic carbocycles. The fourth-order valence-electron chi connectivity index (χ4n) is 2.48. The second-order valence-corrected chi connectivity index (χ2v) is 5.91. The van der Waals surface area contributed by atoms with Gasteiger partial charge in [0.05, 0.1) is 0 Å². The minimum Gasteiger partial charge on any atom is -0.399 e. The topological polar surface area (TPSA) is 29.3 Å². The Balaban J connectivity index is 2.13. The summed E-state index contributed by atoms with van der Waals surface area (Å²) in [7, 11) is 0. The number of hydrogen-bond acceptors (Lipinski definition) is 2. The van der Waals surface area contributed by atoms with Crippen molar-refractivity contribution in [3.8, 4) is 0 Å². The molecule has 112 valence electrons. The molecule has 2 rings (SSSR count). The molecule has 0 aliphatic heterocycles. The number of nitrogens with zero attached hydrogens (tertiary/aromatic N) is 1. The third-order valence-corrected chi connectivity index (χ3v) is 3.77. The maximum atomic E-state index is 5.78. The molecule has 0 fully saturated rings. The van der Waals surface area contributed by atoms with Crippen LogP contribution in [0.2, 0.25) is 0 Å². The summed E-state index contributed by atoms with van der Waals surface area (Å²) >= 11 is 0. The first-order valence-corrected chi connectivity index (χ1v) is 7.79. The van der Waals surface area contributed by atoms with Crippen molar-refractivity contribution in [1.29, 1.82) is 0 Å². The molecule has 0 bridgehead atoms. The van der Waals surface area contributed by atoms with Crippen LogP contribution in [0.4, 0.5) is 11.4 Å². The van der Waals surface area contributed by atoms with Crippen LogP contribution in [0.3, 0.4) is 0 Å². The van der Waals surface area contributed by atoms with Crippen molar-refractivity contribution in [3.63, 3.8) is 0 Å². The molecule has 0 amide bonds. The van der Waals surface area contributed by atoms with Gasteiger partial charge in [-0.15, -0.1) is 0 Å². The number of benzene rings is 2. The number of nitrogen functional groups attached to an aromatic ring is 1. The van der Waals surface area contributed by atoms with E-state index in [-0.39, 0.29) is 0 Å². The standard InChI is InChI=1S/C19H26N2/c1-4-13-21(19-11-9-18(20)10-12-19)14-16-5-7-17(8-6-16)15(2)3/h5-12,15H,4,13-14,20H2,1-3H3. The third kappa shape index (κ3) is 4.25. The van der Waals surface area contributed by atoms with E-state index in [1.807, 2.05) is 12.1 Å². The highest BCUT2D eigenvalue weighted by atomic mass is 15.1. The summed E-state index contributed by atoms with van der Waals surface area (Å²) in [5.41, 5.74) is 10.6. The Morgan fingerprint density at radius 1 is 0.952 bits per heavy atom. The summed E-state index contributed by atoms with van der Waals surface area (Å²) in [6.45, 7) is 8.66. The quantitative estimate of drug-likeness (QED) is 0.770. The number of anilines is 2. The summed E-state index contributed by atoms with van der Waals surface area (Å²) < 4.78 is 0. The molecule has 2 nitrogen and oxygen atoms in total. The Morgan fingerprint density at radius 3 is 2.10 bits per heavy atom. The third-order valence-electron chi connectivity index (χ3n) is 3.77. The van der Waals surface area contributed by atoms with Crippen LogP contribution < -0.4 is 10.6 Å². The zero-order valence-corrected chi connectivity index (χ0v) is 13.3. The van der Waals surface area contributed by atoms with Crippen molar-refractivity contribution in [3.05, 3.63) is 59.7 Å². The largest absolute Gasteiger partial charge is 0.399 e. The first-order valence-electron chi connectivity index (χ1n) is 7.79. The van der Waals surface area contributed by atoms with E-state index >= 15 is 0 Å². The highest BCUT2D eigenvalue weighted by Crippen LogP contribution is 2.21. The average molecular weight is 282 g/mol. The van der Waals surface area contributed by atoms with Gasteiger partial charge in [0, 0.05) is 24.5 Å². The summed E-state index contributed by atoms with van der Waals surface area (Å²) in [6, 6.07) is 17.1. The molecule has 2 N–H and O–H groups in total. The molecule has 0 saturated carbocycles. The van der Waals surface area contributed by atoms with Crippen LogP contribution in [0.15, 0.2) is 48.5 Å². The van der Waals surface area contributed by atoms with Crippen molar-refractivity contribution in [2.45, 2.75) is 39.7 Å². The van der Waals surface area contributed by atoms with Gasteiger partial charge in [0.1, 0.15) is 0 Å². The first-order chi connectivity index (χ1) is 10.1. The molecule has 0 heterocycles. The number of rotatable bonds is 6. The van der Waals surface area contributed by atoms with Crippen LogP contribution in [0.25, 0.3) is 0 Å². The fourth-order valence-corrected chi connectivity index (χ4v) is 2.48. The molecular weight excluding hydrogens is 256 g/mol. The van der Waals surface area contributed by atoms with Crippen molar-refractivity contribution >= 4 is 11.4 Å². The molecule has 21 heavy (non-hydrogen) atoms. The Kier molecular flexibility index (Phi) is 5.26. The highest BCUT2D eigenvalue weighted by molar-refractivity contribution is 5.53. The van der Waals surface area contributed by atoms with Gasteiger partial charge in [-0.3, -0.25) is 0 Å². The Bertz CT molecular complexity index is 541. The van der Waals surface area contributed by atoms with Crippen LogP contribution in [-0.4, -0.2) is 6.54 Å². The Morgan fingerprint density at radius 2 is 1.57 bits per heavy atom. The van der Waals surface area contributed by atoms with Crippen molar-refractivity contribution < 1.29 is 0 Å². The van der Waals surface area contributed by atoms with Gasteiger partial charge in [0.25, 0.3) is 0 Å². The lowest BCUT2D eigenvalue weighted by Crippen LogP contribution is -2.23. The van der Waals surface area contributed by atoms with Crippen LogP contribution in [0.1, 0.15) is 44.2 Å². The van der Waals surface area contributed by atoms with Gasteiger partial charge in [-0.2, -0.15) is 0 Å². The lowest BCUT2D eigenvalue weighted by atomic mass is 10.0. The minimum atomic E-state index is 0.586. The van der Waals surface area contributed by atoms with Crippen LogP contribution in [0.5, 0.6) is 0 Å². The van der Waals surface area contributed by atoms with Crippen LogP contribution in [0, 0.1) is 0 Å². The first kappa shape index (κ1) is 15.4. The molecule has 2 aromatic rings. The van der Waals surface area contributed by atoms with Gasteiger partial charge < -0.3 is 10.6 Å². The van der Waals surface area contributed by atoms with E-state index in [0.717, 1.165) is 25.2 Å². The minimum absolute atomic E-state index is 0.586. The summed E-state index contributed by atoms with van der Waals surface area (Å²) in [6.07, 6.45) is 1.13. The summed E-state index contributed by atoms with van der Waals surface area (Å²) in [5, 5.41) is 0. The Hall–Kier alpha value is -1.96. The van der Waals surface area contributed by atoms with E-state index in [4.69, 9.17) is 5.73 Å². The lowest BCUT2D eigenvalue weighted by Gasteiger charge is -2.25. The maximum absolute atomic E-state index is 5.78. The molecule has 0 aromatic heterocycles. The van der Waals surface area contributed by atoms with Crippen molar-refractivity contribution in [1.82, 2.24) is 0 Å². The zero-order valence-electron chi connectivity index (χ0n) is 13.3. The van der Waals surface area contributed by atoms with E-state index in [0.29, 0.717) is 5.92 Å². The SMILES string of the molecule is CCCN(Cc1ccc(C(C)C)cc1)c1ccc(N)cc1. The highest BCUT2D eigenvalue weighted by Gasteiger charge is 2.07. The zero-order chi connectivity index (χ0) is 15.2. The van der Waals surface area contributed by atoms with E-state index in [1.54, 1.807) is 0 Å². The van der Waals surface area contributed by atoms with Crippen molar-refractivity contribution in [2.75, 3.05) is 17.2 Å². The number of nitrogens with two attached hydrogens (primary N) is 1. The van der Waals surface area contributed by atoms with E-state index < -0.39 is 0 Å². The summed E-state index contributed by atoms with van der Waals surface area (Å²) in [5.74, 6) is 0.586. The molecular formula is C19H26N2. The van der Waals surface area contributed by atoms with Gasteiger partial charge in [-0.05, 0) is 47.7 Å². The predicted molar refractivity (Wildman–Crippen MR) is 92.7 cm³/mol. The average Bonchev–Trinajstić information content (AvgIpc) is 2.48. The normalized spacial score (nSPS) is 10.9. The van der Waals surface area contributed by atoms with E-state index in [2.05, 4.69) is 62.1 Å². The predicted octanol–water partition coefficient (Wildman–Crippen LogP) is 4.81. The molecule has 0 radical (unpaired) electrons. The second-order valence-electron chi connectivity index (χ2n) is 5.91. The molecule has 0 saturated heterocycles. The smallest absolute Gasteiger partial charge is 0.0429 e. The van der Waals surface area contributed by atoms with Crippen LogP contribution in [-0.2, 0) is 6.54 Å². The second kappa shape index (κ2) is 7.16. The maximum Gasteiger partial charge on any atom is 0.0429 e. The molecule has 0 atom stereocenters. The van der Waals surface area contributed by atoms with E-state index in [1.165, 1.54) is 16.8 Å². The van der Waals surface area contributed by atoms with Gasteiger partial charge in [-0.25, -0.2) is 0 Å². The van der Waals surface area contributed by atoms with Gasteiger partial charge >= 0.3 is 0 Å². The molecule has 0 spiro atoms. The monoisotopic (exact) mass is 282 g/mol. The van der Waals surface area contributed by atoms with Gasteiger partial charge in [0.2, 0.25) is 0 Å².